The molecule has 0 spiro atoms. The van der Waals surface area contributed by atoms with E-state index in [1.807, 2.05) is 6.92 Å². The van der Waals surface area contributed by atoms with Gasteiger partial charge in [0, 0.05) is 16.2 Å². The Balaban J connectivity index is 2.15. The van der Waals surface area contributed by atoms with Gasteiger partial charge in [-0.25, -0.2) is 8.42 Å². The second-order valence-electron chi connectivity index (χ2n) is 5.03. The molecule has 1 heterocycles. The standard InChI is InChI=1S/C14H16Cl3N3O2S/c1-2-3-6-23(21,22)19-14-13(17)9-20(18-14)8-10-4-5-11(15)7-12(10)16/h4-5,7,9H,2-3,6,8H2,1H3,(H,18,19). The van der Waals surface area contributed by atoms with Crippen LogP contribution in [-0.2, 0) is 16.6 Å². The van der Waals surface area contributed by atoms with Gasteiger partial charge < -0.3 is 0 Å². The van der Waals surface area contributed by atoms with E-state index in [0.29, 0.717) is 23.0 Å². The molecule has 0 aliphatic rings. The fourth-order valence-electron chi connectivity index (χ4n) is 1.90. The smallest absolute Gasteiger partial charge is 0.233 e. The van der Waals surface area contributed by atoms with Gasteiger partial charge in [-0.05, 0) is 24.1 Å². The number of sulfonamides is 1. The largest absolute Gasteiger partial charge is 0.265 e. The summed E-state index contributed by atoms with van der Waals surface area (Å²) in [7, 11) is -3.45. The van der Waals surface area contributed by atoms with Gasteiger partial charge in [0.2, 0.25) is 10.0 Å². The quantitative estimate of drug-likeness (QED) is 0.753. The molecule has 0 radical (unpaired) electrons. The Labute approximate surface area is 150 Å². The molecule has 0 bridgehead atoms. The first-order valence-electron chi connectivity index (χ1n) is 6.98. The first kappa shape index (κ1) is 18.4. The van der Waals surface area contributed by atoms with E-state index >= 15 is 0 Å². The van der Waals surface area contributed by atoms with Crippen molar-refractivity contribution in [2.75, 3.05) is 10.5 Å². The molecular formula is C14H16Cl3N3O2S. The van der Waals surface area contributed by atoms with E-state index in [-0.39, 0.29) is 16.6 Å². The first-order valence-corrected chi connectivity index (χ1v) is 9.76. The third-order valence-corrected chi connectivity index (χ3v) is 5.28. The molecular weight excluding hydrogens is 381 g/mol. The number of nitrogens with zero attached hydrogens (tertiary/aromatic N) is 2. The maximum atomic E-state index is 11.9. The fourth-order valence-corrected chi connectivity index (χ4v) is 3.84. The molecule has 0 saturated carbocycles. The van der Waals surface area contributed by atoms with Crippen LogP contribution in [-0.4, -0.2) is 24.0 Å². The van der Waals surface area contributed by atoms with Gasteiger partial charge in [0.05, 0.1) is 12.3 Å². The first-order chi connectivity index (χ1) is 10.8. The van der Waals surface area contributed by atoms with Crippen LogP contribution < -0.4 is 4.72 Å². The molecule has 1 N–H and O–H groups in total. The lowest BCUT2D eigenvalue weighted by Crippen LogP contribution is -2.17. The molecule has 0 atom stereocenters. The maximum Gasteiger partial charge on any atom is 0.233 e. The van der Waals surface area contributed by atoms with E-state index in [9.17, 15) is 8.42 Å². The summed E-state index contributed by atoms with van der Waals surface area (Å²) in [6.45, 7) is 2.28. The lowest BCUT2D eigenvalue weighted by Gasteiger charge is -2.06. The van der Waals surface area contributed by atoms with Crippen LogP contribution in [0, 0.1) is 0 Å². The van der Waals surface area contributed by atoms with E-state index in [2.05, 4.69) is 9.82 Å². The normalized spacial score (nSPS) is 11.7. The molecule has 0 unspecified atom stereocenters. The highest BCUT2D eigenvalue weighted by molar-refractivity contribution is 7.92. The van der Waals surface area contributed by atoms with Crippen molar-refractivity contribution in [2.24, 2.45) is 0 Å². The van der Waals surface area contributed by atoms with Crippen molar-refractivity contribution in [3.8, 4) is 0 Å². The summed E-state index contributed by atoms with van der Waals surface area (Å²) >= 11 is 18.0. The van der Waals surface area contributed by atoms with Crippen molar-refractivity contribution in [3.05, 3.63) is 45.0 Å². The summed E-state index contributed by atoms with van der Waals surface area (Å²) in [6.07, 6.45) is 2.91. The number of aromatic nitrogens is 2. The van der Waals surface area contributed by atoms with Gasteiger partial charge in [-0.3, -0.25) is 9.40 Å². The number of unbranched alkanes of at least 4 members (excludes halogenated alkanes) is 1. The van der Waals surface area contributed by atoms with Crippen LogP contribution in [0.1, 0.15) is 25.3 Å². The number of benzene rings is 1. The molecule has 0 fully saturated rings. The Bertz CT molecular complexity index is 791. The molecule has 0 amide bonds. The van der Waals surface area contributed by atoms with Crippen LogP contribution in [0.3, 0.4) is 0 Å². The van der Waals surface area contributed by atoms with Gasteiger partial charge in [0.15, 0.2) is 5.82 Å². The molecule has 0 aliphatic carbocycles. The van der Waals surface area contributed by atoms with Crippen molar-refractivity contribution in [1.82, 2.24) is 9.78 Å². The number of hydrogen-bond donors (Lipinski definition) is 1. The van der Waals surface area contributed by atoms with Crippen molar-refractivity contribution >= 4 is 50.6 Å². The molecule has 5 nitrogen and oxygen atoms in total. The minimum atomic E-state index is -3.45. The maximum absolute atomic E-state index is 11.9. The molecule has 0 saturated heterocycles. The highest BCUT2D eigenvalue weighted by atomic mass is 35.5. The predicted molar refractivity (Wildman–Crippen MR) is 95.1 cm³/mol. The molecule has 2 aromatic rings. The van der Waals surface area contributed by atoms with E-state index in [4.69, 9.17) is 34.8 Å². The van der Waals surface area contributed by atoms with Crippen LogP contribution >= 0.6 is 34.8 Å². The minimum Gasteiger partial charge on any atom is -0.265 e. The van der Waals surface area contributed by atoms with Crippen LogP contribution in [0.5, 0.6) is 0 Å². The second-order valence-corrected chi connectivity index (χ2v) is 8.13. The van der Waals surface area contributed by atoms with Crippen LogP contribution in [0.2, 0.25) is 15.1 Å². The summed E-state index contributed by atoms with van der Waals surface area (Å²) < 4.78 is 27.8. The SMILES string of the molecule is CCCCS(=O)(=O)Nc1nn(Cc2ccc(Cl)cc2Cl)cc1Cl. The highest BCUT2D eigenvalue weighted by Gasteiger charge is 2.15. The van der Waals surface area contributed by atoms with Crippen LogP contribution in [0.25, 0.3) is 0 Å². The zero-order valence-corrected chi connectivity index (χ0v) is 15.5. The van der Waals surface area contributed by atoms with Gasteiger partial charge in [0.1, 0.15) is 5.02 Å². The zero-order chi connectivity index (χ0) is 17.0. The van der Waals surface area contributed by atoms with Gasteiger partial charge >= 0.3 is 0 Å². The molecule has 23 heavy (non-hydrogen) atoms. The Morgan fingerprint density at radius 1 is 1.22 bits per heavy atom. The van der Waals surface area contributed by atoms with E-state index in [0.717, 1.165) is 12.0 Å². The van der Waals surface area contributed by atoms with Crippen molar-refractivity contribution in [1.29, 1.82) is 0 Å². The third-order valence-electron chi connectivity index (χ3n) is 3.08. The summed E-state index contributed by atoms with van der Waals surface area (Å²) in [5.41, 5.74) is 0.802. The van der Waals surface area contributed by atoms with Crippen LogP contribution in [0.15, 0.2) is 24.4 Å². The lowest BCUT2D eigenvalue weighted by atomic mass is 10.2. The number of hydrogen-bond acceptors (Lipinski definition) is 3. The topological polar surface area (TPSA) is 64.0 Å². The van der Waals surface area contributed by atoms with Gasteiger partial charge in [0.25, 0.3) is 0 Å². The zero-order valence-electron chi connectivity index (χ0n) is 12.4. The molecule has 2 rings (SSSR count). The molecule has 9 heteroatoms. The Morgan fingerprint density at radius 3 is 2.61 bits per heavy atom. The number of anilines is 1. The minimum absolute atomic E-state index is 0.0374. The summed E-state index contributed by atoms with van der Waals surface area (Å²) in [5.74, 6) is 0.156. The average Bonchev–Trinajstić information content (AvgIpc) is 2.79. The van der Waals surface area contributed by atoms with Crippen molar-refractivity contribution in [2.45, 2.75) is 26.3 Å². The highest BCUT2D eigenvalue weighted by Crippen LogP contribution is 2.24. The Kier molecular flexibility index (Phi) is 6.19. The number of halogens is 3. The molecule has 126 valence electrons. The van der Waals surface area contributed by atoms with Crippen molar-refractivity contribution in [3.63, 3.8) is 0 Å². The average molecular weight is 397 g/mol. The Morgan fingerprint density at radius 2 is 1.96 bits per heavy atom. The van der Waals surface area contributed by atoms with Gasteiger partial charge in [-0.1, -0.05) is 54.2 Å². The van der Waals surface area contributed by atoms with E-state index in [1.54, 1.807) is 24.4 Å². The summed E-state index contributed by atoms with van der Waals surface area (Å²) in [5, 5.41) is 5.45. The second kappa shape index (κ2) is 7.75. The van der Waals surface area contributed by atoms with E-state index < -0.39 is 10.0 Å². The fraction of sp³-hybridized carbons (Fsp3) is 0.357. The molecule has 1 aromatic heterocycles. The number of rotatable bonds is 7. The summed E-state index contributed by atoms with van der Waals surface area (Å²) in [6, 6.07) is 5.14. The van der Waals surface area contributed by atoms with Crippen molar-refractivity contribution < 1.29 is 8.42 Å². The molecule has 0 aliphatic heterocycles. The van der Waals surface area contributed by atoms with Gasteiger partial charge in [-0.15, -0.1) is 0 Å². The van der Waals surface area contributed by atoms with Crippen LogP contribution in [0.4, 0.5) is 5.82 Å². The lowest BCUT2D eigenvalue weighted by molar-refractivity contribution is 0.597. The Hall–Kier alpha value is -0.950. The van der Waals surface area contributed by atoms with E-state index in [1.165, 1.54) is 4.68 Å². The molecule has 1 aromatic carbocycles. The van der Waals surface area contributed by atoms with Gasteiger partial charge in [-0.2, -0.15) is 5.10 Å². The monoisotopic (exact) mass is 395 g/mol. The number of nitrogens with one attached hydrogen (secondary N) is 1. The third kappa shape index (κ3) is 5.28. The summed E-state index contributed by atoms with van der Waals surface area (Å²) in [4.78, 5) is 0. The predicted octanol–water partition coefficient (Wildman–Crippen LogP) is 4.43.